The summed E-state index contributed by atoms with van der Waals surface area (Å²) in [6.45, 7) is 3.95. The molecule has 21 heavy (non-hydrogen) atoms. The highest BCUT2D eigenvalue weighted by molar-refractivity contribution is 9.10. The van der Waals surface area contributed by atoms with Gasteiger partial charge in [0.25, 0.3) is 0 Å². The van der Waals surface area contributed by atoms with Crippen LogP contribution in [0.5, 0.6) is 0 Å². The summed E-state index contributed by atoms with van der Waals surface area (Å²) < 4.78 is 3.04. The Morgan fingerprint density at radius 1 is 1.24 bits per heavy atom. The van der Waals surface area contributed by atoms with E-state index in [0.717, 1.165) is 32.6 Å². The monoisotopic (exact) mass is 382 g/mol. The van der Waals surface area contributed by atoms with Gasteiger partial charge in [0.1, 0.15) is 5.82 Å². The number of hydrogen-bond donors (Lipinski definition) is 0. The Morgan fingerprint density at radius 2 is 2.00 bits per heavy atom. The second kappa shape index (κ2) is 5.64. The first-order valence-corrected chi connectivity index (χ1v) is 8.17. The predicted octanol–water partition coefficient (Wildman–Crippen LogP) is 6.05. The van der Waals surface area contributed by atoms with Crippen LogP contribution in [-0.2, 0) is 0 Å². The van der Waals surface area contributed by atoms with Crippen LogP contribution in [0.25, 0.3) is 16.7 Å². The highest BCUT2D eigenvalue weighted by Gasteiger charge is 2.19. The fraction of sp³-hybridized carbons (Fsp3) is 0.188. The van der Waals surface area contributed by atoms with Crippen molar-refractivity contribution < 1.29 is 0 Å². The van der Waals surface area contributed by atoms with Gasteiger partial charge in [-0.2, -0.15) is 0 Å². The van der Waals surface area contributed by atoms with Crippen LogP contribution in [0.4, 0.5) is 0 Å². The Hall–Kier alpha value is -1.03. The number of imidazole rings is 1. The van der Waals surface area contributed by atoms with Gasteiger partial charge in [0, 0.05) is 4.47 Å². The van der Waals surface area contributed by atoms with Gasteiger partial charge in [-0.1, -0.05) is 39.7 Å². The fourth-order valence-corrected chi connectivity index (χ4v) is 3.28. The van der Waals surface area contributed by atoms with Crippen molar-refractivity contribution in [3.63, 3.8) is 0 Å². The SMILES string of the molecule is Cc1cccc(Cl)c1-n1c(C(C)Cl)nc2cc(Br)ccc21. The van der Waals surface area contributed by atoms with Crippen LogP contribution in [0.3, 0.4) is 0 Å². The first kappa shape index (κ1) is 14.9. The first-order chi connectivity index (χ1) is 9.99. The summed E-state index contributed by atoms with van der Waals surface area (Å²) in [7, 11) is 0. The Kier molecular flexibility index (Phi) is 4.00. The molecule has 5 heteroatoms. The molecule has 1 atom stereocenters. The van der Waals surface area contributed by atoms with E-state index in [-0.39, 0.29) is 5.38 Å². The highest BCUT2D eigenvalue weighted by atomic mass is 79.9. The van der Waals surface area contributed by atoms with E-state index in [1.165, 1.54) is 0 Å². The minimum Gasteiger partial charge on any atom is -0.293 e. The van der Waals surface area contributed by atoms with Gasteiger partial charge in [-0.15, -0.1) is 11.6 Å². The van der Waals surface area contributed by atoms with Crippen molar-refractivity contribution >= 4 is 50.2 Å². The normalized spacial score (nSPS) is 12.8. The molecule has 108 valence electrons. The number of aromatic nitrogens is 2. The van der Waals surface area contributed by atoms with Crippen molar-refractivity contribution in [1.82, 2.24) is 9.55 Å². The van der Waals surface area contributed by atoms with Crippen LogP contribution in [0.15, 0.2) is 40.9 Å². The molecule has 0 fully saturated rings. The molecule has 3 rings (SSSR count). The summed E-state index contributed by atoms with van der Waals surface area (Å²) in [5, 5.41) is 0.475. The molecule has 0 radical (unpaired) electrons. The van der Waals surface area contributed by atoms with Gasteiger partial charge in [0.05, 0.1) is 27.1 Å². The maximum absolute atomic E-state index is 6.43. The Balaban J connectivity index is 2.42. The molecule has 2 aromatic carbocycles. The first-order valence-electron chi connectivity index (χ1n) is 6.56. The summed E-state index contributed by atoms with van der Waals surface area (Å²) in [6, 6.07) is 11.9. The number of alkyl halides is 1. The molecular formula is C16H13BrCl2N2. The number of benzene rings is 2. The summed E-state index contributed by atoms with van der Waals surface area (Å²) in [5.41, 5.74) is 3.91. The number of para-hydroxylation sites is 1. The van der Waals surface area contributed by atoms with Gasteiger partial charge in [-0.3, -0.25) is 4.57 Å². The molecule has 0 saturated carbocycles. The standard InChI is InChI=1S/C16H13BrCl2N2/c1-9-4-3-5-12(19)15(9)21-14-7-6-11(17)8-13(14)20-16(21)10(2)18/h3-8,10H,1-2H3. The zero-order valence-electron chi connectivity index (χ0n) is 11.6. The lowest BCUT2D eigenvalue weighted by molar-refractivity contribution is 0.878. The van der Waals surface area contributed by atoms with Crippen molar-refractivity contribution in [3.8, 4) is 5.69 Å². The van der Waals surface area contributed by atoms with E-state index >= 15 is 0 Å². The molecular weight excluding hydrogens is 371 g/mol. The van der Waals surface area contributed by atoms with Crippen LogP contribution in [-0.4, -0.2) is 9.55 Å². The van der Waals surface area contributed by atoms with Crippen molar-refractivity contribution in [1.29, 1.82) is 0 Å². The quantitative estimate of drug-likeness (QED) is 0.492. The lowest BCUT2D eigenvalue weighted by atomic mass is 10.2. The molecule has 3 aromatic rings. The summed E-state index contributed by atoms with van der Waals surface area (Å²) in [4.78, 5) is 4.67. The summed E-state index contributed by atoms with van der Waals surface area (Å²) >= 11 is 16.2. The van der Waals surface area contributed by atoms with E-state index in [0.29, 0.717) is 5.02 Å². The van der Waals surface area contributed by atoms with Gasteiger partial charge in [-0.25, -0.2) is 4.98 Å². The fourth-order valence-electron chi connectivity index (χ4n) is 2.48. The van der Waals surface area contributed by atoms with E-state index in [1.807, 2.05) is 50.2 Å². The molecule has 0 saturated heterocycles. The average Bonchev–Trinajstić information content (AvgIpc) is 2.77. The maximum atomic E-state index is 6.43. The Labute approximate surface area is 141 Å². The maximum Gasteiger partial charge on any atom is 0.132 e. The van der Waals surface area contributed by atoms with Crippen LogP contribution < -0.4 is 0 Å². The van der Waals surface area contributed by atoms with Crippen LogP contribution in [0, 0.1) is 6.92 Å². The van der Waals surface area contributed by atoms with Gasteiger partial charge in [0.2, 0.25) is 0 Å². The third-order valence-corrected chi connectivity index (χ3v) is 4.40. The molecule has 1 heterocycles. The van der Waals surface area contributed by atoms with Crippen molar-refractivity contribution in [2.24, 2.45) is 0 Å². The largest absolute Gasteiger partial charge is 0.293 e. The molecule has 0 spiro atoms. The minimum atomic E-state index is -0.216. The Morgan fingerprint density at radius 3 is 2.67 bits per heavy atom. The number of halogens is 3. The zero-order chi connectivity index (χ0) is 15.1. The number of fused-ring (bicyclic) bond motifs is 1. The molecule has 0 aliphatic carbocycles. The molecule has 2 nitrogen and oxygen atoms in total. The van der Waals surface area contributed by atoms with Crippen molar-refractivity contribution in [2.45, 2.75) is 19.2 Å². The second-order valence-corrected chi connectivity index (χ2v) is 6.94. The average molecular weight is 384 g/mol. The Bertz CT molecular complexity index is 804. The highest BCUT2D eigenvalue weighted by Crippen LogP contribution is 2.34. The predicted molar refractivity (Wildman–Crippen MR) is 92.8 cm³/mol. The smallest absolute Gasteiger partial charge is 0.132 e. The number of aryl methyl sites for hydroxylation is 1. The zero-order valence-corrected chi connectivity index (χ0v) is 14.7. The number of nitrogens with zero attached hydrogens (tertiary/aromatic N) is 2. The van der Waals surface area contributed by atoms with Crippen molar-refractivity contribution in [2.75, 3.05) is 0 Å². The van der Waals surface area contributed by atoms with E-state index < -0.39 is 0 Å². The molecule has 0 amide bonds. The van der Waals surface area contributed by atoms with E-state index in [2.05, 4.69) is 25.5 Å². The van der Waals surface area contributed by atoms with Crippen LogP contribution in [0.2, 0.25) is 5.02 Å². The van der Waals surface area contributed by atoms with Crippen LogP contribution >= 0.6 is 39.1 Å². The van der Waals surface area contributed by atoms with Gasteiger partial charge in [0.15, 0.2) is 0 Å². The van der Waals surface area contributed by atoms with Crippen LogP contribution in [0.1, 0.15) is 23.7 Å². The van der Waals surface area contributed by atoms with Crippen molar-refractivity contribution in [3.05, 3.63) is 57.3 Å². The molecule has 1 unspecified atom stereocenters. The van der Waals surface area contributed by atoms with E-state index in [1.54, 1.807) is 0 Å². The topological polar surface area (TPSA) is 17.8 Å². The van der Waals surface area contributed by atoms with E-state index in [4.69, 9.17) is 23.2 Å². The molecule has 1 aromatic heterocycles. The number of hydrogen-bond acceptors (Lipinski definition) is 1. The third kappa shape index (κ3) is 2.59. The lowest BCUT2D eigenvalue weighted by Crippen LogP contribution is -2.04. The third-order valence-electron chi connectivity index (χ3n) is 3.41. The summed E-state index contributed by atoms with van der Waals surface area (Å²) in [5.74, 6) is 0.793. The molecule has 0 N–H and O–H groups in total. The van der Waals surface area contributed by atoms with Gasteiger partial charge >= 0.3 is 0 Å². The molecule has 0 aliphatic rings. The van der Waals surface area contributed by atoms with Gasteiger partial charge in [-0.05, 0) is 43.7 Å². The molecule has 0 bridgehead atoms. The van der Waals surface area contributed by atoms with Gasteiger partial charge < -0.3 is 0 Å². The number of rotatable bonds is 2. The lowest BCUT2D eigenvalue weighted by Gasteiger charge is -2.14. The summed E-state index contributed by atoms with van der Waals surface area (Å²) in [6.07, 6.45) is 0. The second-order valence-electron chi connectivity index (χ2n) is 4.96. The van der Waals surface area contributed by atoms with E-state index in [9.17, 15) is 0 Å². The molecule has 0 aliphatic heterocycles. The minimum absolute atomic E-state index is 0.216.